The third-order valence-corrected chi connectivity index (χ3v) is 9.10. The molecule has 2 saturated carbocycles. The number of pyridine rings is 1. The molecule has 0 spiro atoms. The van der Waals surface area contributed by atoms with E-state index in [-0.39, 0.29) is 29.5 Å². The fourth-order valence-electron chi connectivity index (χ4n) is 5.64. The molecule has 2 aromatic rings. The van der Waals surface area contributed by atoms with E-state index in [9.17, 15) is 22.3 Å². The van der Waals surface area contributed by atoms with Crippen molar-refractivity contribution in [1.82, 2.24) is 9.88 Å². The van der Waals surface area contributed by atoms with Crippen molar-refractivity contribution in [2.45, 2.75) is 42.7 Å². The predicted molar refractivity (Wildman–Crippen MR) is 125 cm³/mol. The lowest BCUT2D eigenvalue weighted by Crippen LogP contribution is -2.49. The summed E-state index contributed by atoms with van der Waals surface area (Å²) >= 11 is 6.39. The van der Waals surface area contributed by atoms with Gasteiger partial charge in [0.15, 0.2) is 0 Å². The monoisotopic (exact) mass is 512 g/mol. The normalized spacial score (nSPS) is 29.0. The molecule has 1 aromatic heterocycles. The van der Waals surface area contributed by atoms with Gasteiger partial charge in [-0.2, -0.15) is 4.39 Å². The Bertz CT molecular complexity index is 1170. The first-order valence-electron chi connectivity index (χ1n) is 11.5. The topological polar surface area (TPSA) is 94.6 Å². The summed E-state index contributed by atoms with van der Waals surface area (Å²) in [5, 5.41) is 12.9. The standard InChI is InChI=1S/C23H27ClF2N4O3S/c24-16-8-21(34(32,33)29-23-7-3-6-22(26)28-23)17(25)9-19(16)27-18-4-1-2-5-20(18)30-10-13-14(11-30)15(13)12-31/h3,6-9,13-15,18,20,27,31H,1-2,4-5,10-12H2,(H,28,29)/t13-,14+,15+,18-,20-/m1/s1. The number of aliphatic hydroxyl groups excluding tert-OH is 1. The molecule has 5 rings (SSSR count). The highest BCUT2D eigenvalue weighted by Crippen LogP contribution is 2.52. The molecule has 1 saturated heterocycles. The molecular formula is C23H27ClF2N4O3S. The predicted octanol–water partition coefficient (Wildman–Crippen LogP) is 3.71. The van der Waals surface area contributed by atoms with Gasteiger partial charge in [-0.1, -0.05) is 30.5 Å². The molecule has 3 N–H and O–H groups in total. The molecule has 2 heterocycles. The maximum atomic E-state index is 15.0. The van der Waals surface area contributed by atoms with E-state index < -0.39 is 26.7 Å². The van der Waals surface area contributed by atoms with Crippen molar-refractivity contribution >= 4 is 33.1 Å². The van der Waals surface area contributed by atoms with Gasteiger partial charge in [-0.3, -0.25) is 9.62 Å². The number of nitrogens with zero attached hydrogens (tertiary/aromatic N) is 2. The van der Waals surface area contributed by atoms with Gasteiger partial charge in [0, 0.05) is 31.8 Å². The molecule has 184 valence electrons. The molecule has 1 aliphatic heterocycles. The Hall–Kier alpha value is -2.01. The molecule has 0 radical (unpaired) electrons. The lowest BCUT2D eigenvalue weighted by molar-refractivity contribution is 0.142. The number of likely N-dealkylation sites (tertiary alicyclic amines) is 1. The number of rotatable bonds is 7. The van der Waals surface area contributed by atoms with E-state index in [2.05, 4.69) is 19.9 Å². The number of halogens is 3. The van der Waals surface area contributed by atoms with Crippen molar-refractivity contribution in [2.75, 3.05) is 29.7 Å². The summed E-state index contributed by atoms with van der Waals surface area (Å²) < 4.78 is 55.7. The number of piperidine rings is 1. The van der Waals surface area contributed by atoms with E-state index in [1.165, 1.54) is 12.1 Å². The molecule has 3 aliphatic rings. The van der Waals surface area contributed by atoms with Crippen molar-refractivity contribution in [3.63, 3.8) is 0 Å². The molecule has 11 heteroatoms. The largest absolute Gasteiger partial charge is 0.396 e. The first kappa shape index (κ1) is 23.7. The van der Waals surface area contributed by atoms with Crippen LogP contribution in [-0.4, -0.2) is 55.2 Å². The van der Waals surface area contributed by atoms with Crippen LogP contribution in [0.4, 0.5) is 20.3 Å². The van der Waals surface area contributed by atoms with Crippen LogP contribution in [-0.2, 0) is 10.0 Å². The molecule has 0 unspecified atom stereocenters. The molecular weight excluding hydrogens is 486 g/mol. The van der Waals surface area contributed by atoms with Gasteiger partial charge in [-0.25, -0.2) is 17.8 Å². The van der Waals surface area contributed by atoms with Crippen LogP contribution in [0.15, 0.2) is 35.2 Å². The van der Waals surface area contributed by atoms with E-state index in [1.807, 2.05) is 0 Å². The Kier molecular flexibility index (Phi) is 6.43. The minimum absolute atomic E-state index is 0.0628. The molecule has 0 bridgehead atoms. The zero-order valence-corrected chi connectivity index (χ0v) is 20.0. The van der Waals surface area contributed by atoms with Gasteiger partial charge < -0.3 is 10.4 Å². The van der Waals surface area contributed by atoms with E-state index >= 15 is 0 Å². The van der Waals surface area contributed by atoms with Crippen LogP contribution in [0.3, 0.4) is 0 Å². The average Bonchev–Trinajstić information content (AvgIpc) is 3.26. The van der Waals surface area contributed by atoms with Gasteiger partial charge >= 0.3 is 0 Å². The molecule has 5 atom stereocenters. The van der Waals surface area contributed by atoms with Crippen LogP contribution in [0.2, 0.25) is 5.02 Å². The Morgan fingerprint density at radius 1 is 1.15 bits per heavy atom. The first-order valence-corrected chi connectivity index (χ1v) is 13.4. The number of fused-ring (bicyclic) bond motifs is 1. The smallest absolute Gasteiger partial charge is 0.266 e. The maximum absolute atomic E-state index is 15.0. The summed E-state index contributed by atoms with van der Waals surface area (Å²) in [6, 6.07) is 6.15. The van der Waals surface area contributed by atoms with Crippen molar-refractivity contribution in [3.8, 4) is 0 Å². The molecule has 3 fully saturated rings. The fraction of sp³-hybridized carbons (Fsp3) is 0.522. The SMILES string of the molecule is O=S(=O)(Nc1cccc(F)n1)c1cc(Cl)c(N[C@@H]2CCCC[C@H]2N2C[C@@H]3[C@@H](CO)[C@@H]3C2)cc1F. The molecule has 7 nitrogen and oxygen atoms in total. The van der Waals surface area contributed by atoms with Crippen LogP contribution in [0.25, 0.3) is 0 Å². The van der Waals surface area contributed by atoms with Gasteiger partial charge in [0.2, 0.25) is 5.95 Å². The molecule has 1 aromatic carbocycles. The van der Waals surface area contributed by atoms with Crippen LogP contribution in [0, 0.1) is 29.5 Å². The van der Waals surface area contributed by atoms with E-state index in [0.29, 0.717) is 23.4 Å². The highest BCUT2D eigenvalue weighted by atomic mass is 35.5. The summed E-state index contributed by atoms with van der Waals surface area (Å²) in [7, 11) is -4.36. The zero-order chi connectivity index (χ0) is 24.0. The van der Waals surface area contributed by atoms with E-state index in [4.69, 9.17) is 11.6 Å². The highest BCUT2D eigenvalue weighted by Gasteiger charge is 2.56. The van der Waals surface area contributed by atoms with Crippen LogP contribution in [0.5, 0.6) is 0 Å². The quantitative estimate of drug-likeness (QED) is 0.490. The summed E-state index contributed by atoms with van der Waals surface area (Å²) in [6.45, 7) is 2.19. The van der Waals surface area contributed by atoms with Crippen LogP contribution in [0.1, 0.15) is 25.7 Å². The Morgan fingerprint density at radius 2 is 1.88 bits per heavy atom. The summed E-state index contributed by atoms with van der Waals surface area (Å²) in [4.78, 5) is 5.29. The Balaban J connectivity index is 1.32. The van der Waals surface area contributed by atoms with E-state index in [0.717, 1.165) is 57.0 Å². The third-order valence-electron chi connectivity index (χ3n) is 7.41. The summed E-state index contributed by atoms with van der Waals surface area (Å²) in [5.41, 5.74) is 0.344. The van der Waals surface area contributed by atoms with Crippen molar-refractivity contribution in [2.24, 2.45) is 17.8 Å². The van der Waals surface area contributed by atoms with Crippen molar-refractivity contribution in [3.05, 3.63) is 47.1 Å². The fourth-order valence-corrected chi connectivity index (χ4v) is 7.01. The third kappa shape index (κ3) is 4.60. The van der Waals surface area contributed by atoms with Gasteiger partial charge in [-0.15, -0.1) is 0 Å². The maximum Gasteiger partial charge on any atom is 0.266 e. The van der Waals surface area contributed by atoms with Crippen molar-refractivity contribution < 1.29 is 22.3 Å². The number of aromatic nitrogens is 1. The molecule has 2 aliphatic carbocycles. The van der Waals surface area contributed by atoms with Crippen LogP contribution >= 0.6 is 11.6 Å². The van der Waals surface area contributed by atoms with Gasteiger partial charge in [0.05, 0.1) is 10.7 Å². The minimum atomic E-state index is -4.36. The minimum Gasteiger partial charge on any atom is -0.396 e. The summed E-state index contributed by atoms with van der Waals surface area (Å²) in [6.07, 6.45) is 4.10. The Labute approximate surface area is 202 Å². The Morgan fingerprint density at radius 3 is 2.59 bits per heavy atom. The number of hydrogen-bond donors (Lipinski definition) is 3. The highest BCUT2D eigenvalue weighted by molar-refractivity contribution is 7.92. The average molecular weight is 513 g/mol. The second kappa shape index (κ2) is 9.22. The second-order valence-electron chi connectivity index (χ2n) is 9.44. The molecule has 0 amide bonds. The zero-order valence-electron chi connectivity index (χ0n) is 18.4. The number of aliphatic hydroxyl groups is 1. The number of nitrogens with one attached hydrogen (secondary N) is 2. The second-order valence-corrected chi connectivity index (χ2v) is 11.5. The summed E-state index contributed by atoms with van der Waals surface area (Å²) in [5.74, 6) is -0.509. The lowest BCUT2D eigenvalue weighted by Gasteiger charge is -2.40. The van der Waals surface area contributed by atoms with Gasteiger partial charge in [0.1, 0.15) is 16.5 Å². The lowest BCUT2D eigenvalue weighted by atomic mass is 9.88. The number of anilines is 2. The number of hydrogen-bond acceptors (Lipinski definition) is 6. The number of benzene rings is 1. The van der Waals surface area contributed by atoms with Crippen LogP contribution < -0.4 is 10.0 Å². The first-order chi connectivity index (χ1) is 16.3. The van der Waals surface area contributed by atoms with Crippen molar-refractivity contribution in [1.29, 1.82) is 0 Å². The van der Waals surface area contributed by atoms with E-state index in [1.54, 1.807) is 0 Å². The number of sulfonamides is 1. The van der Waals surface area contributed by atoms with Gasteiger partial charge in [-0.05, 0) is 54.9 Å². The molecule has 34 heavy (non-hydrogen) atoms. The van der Waals surface area contributed by atoms with Gasteiger partial charge in [0.25, 0.3) is 10.0 Å².